The molecule has 0 N–H and O–H groups in total. The molecule has 1 atom stereocenters. The van der Waals surface area contributed by atoms with E-state index in [9.17, 15) is 14.4 Å². The number of benzene rings is 2. The Balaban J connectivity index is 2.29. The third-order valence-corrected chi connectivity index (χ3v) is 4.92. The smallest absolute Gasteiger partial charge is 0.349 e. The first kappa shape index (κ1) is 23.7. The van der Waals surface area contributed by atoms with Gasteiger partial charge in [-0.25, -0.2) is 9.59 Å². The van der Waals surface area contributed by atoms with E-state index >= 15 is 0 Å². The average Bonchev–Trinajstić information content (AvgIpc) is 2.80. The largest absolute Gasteiger partial charge is 0.467 e. The van der Waals surface area contributed by atoms with Crippen LogP contribution in [0.25, 0.3) is 17.2 Å². The lowest BCUT2D eigenvalue weighted by Gasteiger charge is -2.31. The van der Waals surface area contributed by atoms with E-state index in [-0.39, 0.29) is 0 Å². The Kier molecular flexibility index (Phi) is 6.97. The van der Waals surface area contributed by atoms with Crippen LogP contribution in [-0.2, 0) is 24.6 Å². The van der Waals surface area contributed by atoms with Crippen molar-refractivity contribution in [2.75, 3.05) is 7.11 Å². The van der Waals surface area contributed by atoms with Gasteiger partial charge in [0.2, 0.25) is 0 Å². The number of methoxy groups -OCH3 is 1. The molecule has 0 spiro atoms. The predicted molar refractivity (Wildman–Crippen MR) is 127 cm³/mol. The Morgan fingerprint density at radius 3 is 2.00 bits per heavy atom. The number of hydrogen-bond acceptors (Lipinski definition) is 5. The van der Waals surface area contributed by atoms with Gasteiger partial charge in [0.15, 0.2) is 0 Å². The molecule has 6 heteroatoms. The van der Waals surface area contributed by atoms with Gasteiger partial charge < -0.3 is 9.47 Å². The number of pyridine rings is 1. The van der Waals surface area contributed by atoms with Crippen LogP contribution in [-0.4, -0.2) is 29.2 Å². The number of nitrogens with zero attached hydrogens (tertiary/aromatic N) is 1. The Hall–Kier alpha value is -3.93. The molecule has 1 unspecified atom stereocenters. The summed E-state index contributed by atoms with van der Waals surface area (Å²) in [6.07, 6.45) is 4.44. The molecule has 170 valence electrons. The predicted octanol–water partition coefficient (Wildman–Crippen LogP) is 4.44. The molecule has 2 aromatic carbocycles. The minimum Gasteiger partial charge on any atom is -0.467 e. The molecule has 0 bridgehead atoms. The van der Waals surface area contributed by atoms with Crippen LogP contribution in [0.3, 0.4) is 0 Å². The summed E-state index contributed by atoms with van der Waals surface area (Å²) >= 11 is 0. The second kappa shape index (κ2) is 9.69. The van der Waals surface area contributed by atoms with Gasteiger partial charge in [-0.2, -0.15) is 0 Å². The summed E-state index contributed by atoms with van der Waals surface area (Å²) < 4.78 is 11.7. The summed E-state index contributed by atoms with van der Waals surface area (Å²) in [7, 11) is 1.17. The Morgan fingerprint density at radius 1 is 0.818 bits per heavy atom. The van der Waals surface area contributed by atoms with Crippen LogP contribution >= 0.6 is 0 Å². The van der Waals surface area contributed by atoms with Crippen molar-refractivity contribution in [1.82, 2.24) is 4.57 Å². The standard InChI is InChI=1S/C27H27NO5/c1-26(2,3)33-25(31)27(24(30)32-4,18-17-20-11-7-5-8-12-20)28-19-22(15-16-23(28)29)21-13-9-6-10-14-21/h5-19H,1-4H3/b18-17+. The van der Waals surface area contributed by atoms with Crippen molar-refractivity contribution in [1.29, 1.82) is 0 Å². The number of aromatic nitrogens is 1. The maximum atomic E-state index is 13.6. The quantitative estimate of drug-likeness (QED) is 0.414. The van der Waals surface area contributed by atoms with Gasteiger partial charge in [-0.15, -0.1) is 0 Å². The van der Waals surface area contributed by atoms with E-state index in [0.717, 1.165) is 15.7 Å². The van der Waals surface area contributed by atoms with Gasteiger partial charge in [0.05, 0.1) is 7.11 Å². The minimum absolute atomic E-state index is 0.552. The molecule has 1 heterocycles. The highest BCUT2D eigenvalue weighted by Crippen LogP contribution is 2.28. The lowest BCUT2D eigenvalue weighted by molar-refractivity contribution is -0.172. The second-order valence-electron chi connectivity index (χ2n) is 8.50. The molecule has 6 nitrogen and oxygen atoms in total. The number of ether oxygens (including phenoxy) is 2. The van der Waals surface area contributed by atoms with E-state index < -0.39 is 28.6 Å². The number of rotatable bonds is 6. The van der Waals surface area contributed by atoms with Crippen LogP contribution in [0.1, 0.15) is 26.3 Å². The molecule has 0 saturated heterocycles. The molecule has 0 aliphatic heterocycles. The van der Waals surface area contributed by atoms with Gasteiger partial charge in [-0.1, -0.05) is 66.7 Å². The average molecular weight is 446 g/mol. The molecule has 0 amide bonds. The molecule has 0 aliphatic carbocycles. The summed E-state index contributed by atoms with van der Waals surface area (Å²) in [5.41, 5.74) is -1.41. The van der Waals surface area contributed by atoms with Crippen LogP contribution in [0, 0.1) is 0 Å². The molecule has 0 fully saturated rings. The molecule has 0 aliphatic rings. The highest BCUT2D eigenvalue weighted by Gasteiger charge is 2.50. The van der Waals surface area contributed by atoms with Crippen molar-refractivity contribution in [2.45, 2.75) is 31.9 Å². The van der Waals surface area contributed by atoms with Crippen molar-refractivity contribution < 1.29 is 19.1 Å². The van der Waals surface area contributed by atoms with Gasteiger partial charge in [0.1, 0.15) is 5.60 Å². The highest BCUT2D eigenvalue weighted by molar-refractivity contribution is 6.05. The molecular formula is C27H27NO5. The number of carbonyl (C=O) groups is 2. The van der Waals surface area contributed by atoms with Crippen molar-refractivity contribution in [2.24, 2.45) is 0 Å². The first-order valence-electron chi connectivity index (χ1n) is 10.5. The van der Waals surface area contributed by atoms with Crippen molar-refractivity contribution >= 4 is 18.0 Å². The summed E-state index contributed by atoms with van der Waals surface area (Å²) in [6.45, 7) is 5.07. The van der Waals surface area contributed by atoms with Gasteiger partial charge in [-0.05, 0) is 49.6 Å². The van der Waals surface area contributed by atoms with Crippen molar-refractivity contribution in [3.63, 3.8) is 0 Å². The zero-order valence-corrected chi connectivity index (χ0v) is 19.1. The Morgan fingerprint density at radius 2 is 1.42 bits per heavy atom. The SMILES string of the molecule is COC(=O)C(/C=C/c1ccccc1)(C(=O)OC(C)(C)C)n1cc(-c2ccccc2)ccc1=O. The first-order chi connectivity index (χ1) is 15.7. The monoisotopic (exact) mass is 445 g/mol. The summed E-state index contributed by atoms with van der Waals surface area (Å²) in [4.78, 5) is 39.9. The van der Waals surface area contributed by atoms with Crippen LogP contribution in [0.4, 0.5) is 0 Å². The third kappa shape index (κ3) is 5.29. The van der Waals surface area contributed by atoms with Gasteiger partial charge in [0.25, 0.3) is 11.1 Å². The van der Waals surface area contributed by atoms with Gasteiger partial charge in [-0.3, -0.25) is 9.36 Å². The highest BCUT2D eigenvalue weighted by atomic mass is 16.6. The van der Waals surface area contributed by atoms with E-state index in [0.29, 0.717) is 5.56 Å². The maximum absolute atomic E-state index is 13.6. The Bertz CT molecular complexity index is 1210. The van der Waals surface area contributed by atoms with Crippen molar-refractivity contribution in [3.8, 4) is 11.1 Å². The van der Waals surface area contributed by atoms with E-state index in [1.54, 1.807) is 32.9 Å². The summed E-state index contributed by atoms with van der Waals surface area (Å²) in [5.74, 6) is -1.85. The van der Waals surface area contributed by atoms with E-state index in [1.165, 1.54) is 25.4 Å². The van der Waals surface area contributed by atoms with E-state index in [4.69, 9.17) is 9.47 Å². The van der Waals surface area contributed by atoms with Crippen LogP contribution in [0.2, 0.25) is 0 Å². The Labute approximate surface area is 193 Å². The normalized spacial score (nSPS) is 13.3. The molecule has 3 aromatic rings. The fourth-order valence-corrected chi connectivity index (χ4v) is 3.35. The molecule has 1 aromatic heterocycles. The fraction of sp³-hybridized carbons (Fsp3) is 0.222. The van der Waals surface area contributed by atoms with Crippen molar-refractivity contribution in [3.05, 3.63) is 101 Å². The maximum Gasteiger partial charge on any atom is 0.349 e. The van der Waals surface area contributed by atoms with E-state index in [1.807, 2.05) is 60.7 Å². The lowest BCUT2D eigenvalue weighted by atomic mass is 9.95. The summed E-state index contributed by atoms with van der Waals surface area (Å²) in [5, 5.41) is 0. The van der Waals surface area contributed by atoms with Crippen LogP contribution < -0.4 is 5.56 Å². The number of carbonyl (C=O) groups excluding carboxylic acids is 2. The second-order valence-corrected chi connectivity index (χ2v) is 8.50. The molecule has 0 saturated carbocycles. The zero-order chi connectivity index (χ0) is 24.1. The van der Waals surface area contributed by atoms with Gasteiger partial charge in [0, 0.05) is 12.3 Å². The minimum atomic E-state index is -2.17. The van der Waals surface area contributed by atoms with E-state index in [2.05, 4.69) is 0 Å². The lowest BCUT2D eigenvalue weighted by Crippen LogP contribution is -2.54. The molecule has 3 rings (SSSR count). The number of hydrogen-bond donors (Lipinski definition) is 0. The molecule has 33 heavy (non-hydrogen) atoms. The molecular weight excluding hydrogens is 418 g/mol. The topological polar surface area (TPSA) is 74.6 Å². The third-order valence-electron chi connectivity index (χ3n) is 4.92. The van der Waals surface area contributed by atoms with Crippen LogP contribution in [0.5, 0.6) is 0 Å². The van der Waals surface area contributed by atoms with Gasteiger partial charge >= 0.3 is 11.9 Å². The fourth-order valence-electron chi connectivity index (χ4n) is 3.35. The van der Waals surface area contributed by atoms with Crippen LogP contribution in [0.15, 0.2) is 89.9 Å². The zero-order valence-electron chi connectivity index (χ0n) is 19.1. The first-order valence-corrected chi connectivity index (χ1v) is 10.5. The number of esters is 2. The summed E-state index contributed by atoms with van der Waals surface area (Å²) in [6, 6.07) is 21.5. The molecule has 0 radical (unpaired) electrons.